The molecule has 19 heavy (non-hydrogen) atoms. The normalized spacial score (nSPS) is 11.3. The van der Waals surface area contributed by atoms with Crippen molar-refractivity contribution in [1.82, 2.24) is 9.78 Å². The molecule has 0 aliphatic rings. The highest BCUT2D eigenvalue weighted by Crippen LogP contribution is 2.24. The fourth-order valence-electron chi connectivity index (χ4n) is 1.62. The van der Waals surface area contributed by atoms with Gasteiger partial charge in [0.15, 0.2) is 5.60 Å². The van der Waals surface area contributed by atoms with E-state index in [-0.39, 0.29) is 0 Å². The van der Waals surface area contributed by atoms with Gasteiger partial charge >= 0.3 is 5.97 Å². The predicted octanol–water partition coefficient (Wildman–Crippen LogP) is 2.33. The first-order valence-electron chi connectivity index (χ1n) is 5.90. The molecule has 0 aliphatic heterocycles. The maximum atomic E-state index is 11.0. The second kappa shape index (κ2) is 4.76. The van der Waals surface area contributed by atoms with E-state index in [0.29, 0.717) is 5.75 Å². The number of aliphatic carboxylic acids is 1. The zero-order valence-electron chi connectivity index (χ0n) is 11.1. The second-order valence-corrected chi connectivity index (χ2v) is 4.84. The van der Waals surface area contributed by atoms with E-state index in [0.717, 1.165) is 11.1 Å². The molecule has 2 rings (SSSR count). The zero-order chi connectivity index (χ0) is 14.0. The van der Waals surface area contributed by atoms with E-state index in [9.17, 15) is 4.79 Å². The topological polar surface area (TPSA) is 64.3 Å². The van der Waals surface area contributed by atoms with Crippen molar-refractivity contribution in [2.24, 2.45) is 7.05 Å². The number of ether oxygens (including phenoxy) is 1. The first-order chi connectivity index (χ1) is 8.88. The van der Waals surface area contributed by atoms with Crippen LogP contribution in [0.25, 0.3) is 11.1 Å². The molecular formula is C14H16N2O3. The summed E-state index contributed by atoms with van der Waals surface area (Å²) in [6.07, 6.45) is 3.69. The molecule has 100 valence electrons. The predicted molar refractivity (Wildman–Crippen MR) is 71.0 cm³/mol. The minimum absolute atomic E-state index is 0.528. The molecule has 0 bridgehead atoms. The van der Waals surface area contributed by atoms with Crippen LogP contribution in [0.4, 0.5) is 0 Å². The van der Waals surface area contributed by atoms with Crippen LogP contribution in [0.2, 0.25) is 0 Å². The van der Waals surface area contributed by atoms with Crippen LogP contribution in [0, 0.1) is 0 Å². The zero-order valence-corrected chi connectivity index (χ0v) is 11.1. The van der Waals surface area contributed by atoms with Gasteiger partial charge in [-0.1, -0.05) is 12.1 Å². The van der Waals surface area contributed by atoms with Crippen LogP contribution in [-0.2, 0) is 11.8 Å². The number of aryl methyl sites for hydroxylation is 1. The van der Waals surface area contributed by atoms with Gasteiger partial charge in [0.2, 0.25) is 0 Å². The molecule has 0 saturated heterocycles. The largest absolute Gasteiger partial charge is 0.478 e. The van der Waals surface area contributed by atoms with E-state index in [2.05, 4.69) is 5.10 Å². The van der Waals surface area contributed by atoms with Gasteiger partial charge in [0, 0.05) is 18.8 Å². The molecule has 0 saturated carbocycles. The van der Waals surface area contributed by atoms with Gasteiger partial charge in [-0.25, -0.2) is 4.79 Å². The number of carboxylic acid groups (broad SMARTS) is 1. The molecule has 0 atom stereocenters. The fourth-order valence-corrected chi connectivity index (χ4v) is 1.62. The molecule has 0 unspecified atom stereocenters. The first-order valence-corrected chi connectivity index (χ1v) is 5.90. The van der Waals surface area contributed by atoms with Crippen molar-refractivity contribution in [3.8, 4) is 16.9 Å². The smallest absolute Gasteiger partial charge is 0.347 e. The number of carboxylic acids is 1. The van der Waals surface area contributed by atoms with Gasteiger partial charge in [-0.3, -0.25) is 4.68 Å². The van der Waals surface area contributed by atoms with Crippen molar-refractivity contribution >= 4 is 5.97 Å². The molecule has 0 fully saturated rings. The molecule has 0 aliphatic carbocycles. The van der Waals surface area contributed by atoms with Crippen molar-refractivity contribution in [3.05, 3.63) is 36.7 Å². The molecule has 5 nitrogen and oxygen atoms in total. The van der Waals surface area contributed by atoms with E-state index < -0.39 is 11.6 Å². The molecule has 1 N–H and O–H groups in total. The number of hydrogen-bond acceptors (Lipinski definition) is 3. The summed E-state index contributed by atoms with van der Waals surface area (Å²) < 4.78 is 7.17. The highest BCUT2D eigenvalue weighted by atomic mass is 16.5. The highest BCUT2D eigenvalue weighted by Gasteiger charge is 2.29. The molecule has 2 aromatic rings. The van der Waals surface area contributed by atoms with Gasteiger partial charge in [0.05, 0.1) is 6.20 Å². The Morgan fingerprint density at radius 1 is 1.26 bits per heavy atom. The SMILES string of the molecule is Cn1cc(-c2ccc(OC(C)(C)C(=O)O)cc2)cn1. The summed E-state index contributed by atoms with van der Waals surface area (Å²) in [6.45, 7) is 3.04. The molecule has 0 radical (unpaired) electrons. The van der Waals surface area contributed by atoms with E-state index in [1.807, 2.05) is 25.4 Å². The average molecular weight is 260 g/mol. The quantitative estimate of drug-likeness (QED) is 0.916. The summed E-state index contributed by atoms with van der Waals surface area (Å²) in [7, 11) is 1.86. The minimum Gasteiger partial charge on any atom is -0.478 e. The summed E-state index contributed by atoms with van der Waals surface area (Å²) in [5.74, 6) is -0.469. The number of carbonyl (C=O) groups is 1. The Labute approximate surface area is 111 Å². The van der Waals surface area contributed by atoms with Gasteiger partial charge in [0.1, 0.15) is 5.75 Å². The maximum Gasteiger partial charge on any atom is 0.347 e. The number of hydrogen-bond donors (Lipinski definition) is 1. The first kappa shape index (κ1) is 13.1. The van der Waals surface area contributed by atoms with Crippen LogP contribution < -0.4 is 4.74 Å². The van der Waals surface area contributed by atoms with Crippen LogP contribution in [0.15, 0.2) is 36.7 Å². The Morgan fingerprint density at radius 3 is 2.37 bits per heavy atom. The van der Waals surface area contributed by atoms with Crippen LogP contribution in [-0.4, -0.2) is 26.5 Å². The Bertz CT molecular complexity index is 585. The van der Waals surface area contributed by atoms with Gasteiger partial charge in [-0.15, -0.1) is 0 Å². The van der Waals surface area contributed by atoms with Gasteiger partial charge in [-0.2, -0.15) is 5.10 Å². The molecule has 0 amide bonds. The number of aromatic nitrogens is 2. The lowest BCUT2D eigenvalue weighted by molar-refractivity contribution is -0.152. The summed E-state index contributed by atoms with van der Waals surface area (Å²) in [5, 5.41) is 13.1. The lowest BCUT2D eigenvalue weighted by Gasteiger charge is -2.21. The third-order valence-corrected chi connectivity index (χ3v) is 2.78. The Hall–Kier alpha value is -2.30. The monoisotopic (exact) mass is 260 g/mol. The summed E-state index contributed by atoms with van der Waals surface area (Å²) in [6, 6.07) is 7.27. The molecule has 1 heterocycles. The van der Waals surface area contributed by atoms with Crippen LogP contribution in [0.1, 0.15) is 13.8 Å². The second-order valence-electron chi connectivity index (χ2n) is 4.84. The van der Waals surface area contributed by atoms with E-state index in [1.165, 1.54) is 13.8 Å². The van der Waals surface area contributed by atoms with Gasteiger partial charge in [0.25, 0.3) is 0 Å². The Balaban J connectivity index is 2.17. The van der Waals surface area contributed by atoms with Gasteiger partial charge in [-0.05, 0) is 31.5 Å². The third-order valence-electron chi connectivity index (χ3n) is 2.78. The Kier molecular flexibility index (Phi) is 3.29. The molecule has 1 aromatic heterocycles. The fraction of sp³-hybridized carbons (Fsp3) is 0.286. The standard InChI is InChI=1S/C14H16N2O3/c1-14(2,13(17)18)19-12-6-4-10(5-7-12)11-8-15-16(3)9-11/h4-9H,1-3H3,(H,17,18). The van der Waals surface area contributed by atoms with Gasteiger partial charge < -0.3 is 9.84 Å². The van der Waals surface area contributed by atoms with E-state index in [1.54, 1.807) is 23.0 Å². The highest BCUT2D eigenvalue weighted by molar-refractivity contribution is 5.76. The van der Waals surface area contributed by atoms with Crippen LogP contribution in [0.3, 0.4) is 0 Å². The lowest BCUT2D eigenvalue weighted by atomic mass is 10.1. The van der Waals surface area contributed by atoms with Crippen molar-refractivity contribution in [2.75, 3.05) is 0 Å². The number of rotatable bonds is 4. The summed E-state index contributed by atoms with van der Waals surface area (Å²) in [5.41, 5.74) is 0.774. The minimum atomic E-state index is -1.24. The number of nitrogens with zero attached hydrogens (tertiary/aromatic N) is 2. The molecule has 5 heteroatoms. The van der Waals surface area contributed by atoms with Crippen LogP contribution >= 0.6 is 0 Å². The molecule has 1 aromatic carbocycles. The maximum absolute atomic E-state index is 11.0. The number of benzene rings is 1. The van der Waals surface area contributed by atoms with Crippen molar-refractivity contribution in [2.45, 2.75) is 19.4 Å². The van der Waals surface area contributed by atoms with E-state index >= 15 is 0 Å². The summed E-state index contributed by atoms with van der Waals surface area (Å²) in [4.78, 5) is 11.0. The van der Waals surface area contributed by atoms with Crippen LogP contribution in [0.5, 0.6) is 5.75 Å². The molecular weight excluding hydrogens is 244 g/mol. The van der Waals surface area contributed by atoms with E-state index in [4.69, 9.17) is 9.84 Å². The summed E-state index contributed by atoms with van der Waals surface area (Å²) >= 11 is 0. The lowest BCUT2D eigenvalue weighted by Crippen LogP contribution is -2.37. The third kappa shape index (κ3) is 2.93. The van der Waals surface area contributed by atoms with Crippen molar-refractivity contribution in [3.63, 3.8) is 0 Å². The molecule has 0 spiro atoms. The Morgan fingerprint density at radius 2 is 1.89 bits per heavy atom. The van der Waals surface area contributed by atoms with Crippen molar-refractivity contribution in [1.29, 1.82) is 0 Å². The van der Waals surface area contributed by atoms with Crippen molar-refractivity contribution < 1.29 is 14.6 Å². The average Bonchev–Trinajstić information content (AvgIpc) is 2.76.